The summed E-state index contributed by atoms with van der Waals surface area (Å²) in [6, 6.07) is 99.3. The fourth-order valence-electron chi connectivity index (χ4n) is 12.2. The van der Waals surface area contributed by atoms with Gasteiger partial charge >= 0.3 is 0 Å². The standard InChI is InChI=1S/C72H53BN2/c1-72(2,3)56-46-67-71-68(47-56)75(58-40-34-52(35-41-58)49-22-10-5-11-23-49)66-45-55(70-61-30-18-16-28-59(61)69(53-26-14-7-15-27-53)60-29-17-19-31-62(60)70)37-43-64(66)73(71)63-42-36-54(50-24-12-6-13-25-50)44-65(63)74(67)57-38-32-51(33-39-57)48-20-8-4-9-21-48/h4-47H,1-3H3. The molecule has 0 saturated carbocycles. The lowest BCUT2D eigenvalue weighted by Crippen LogP contribution is -2.61. The van der Waals surface area contributed by atoms with E-state index in [2.05, 4.69) is 297 Å². The number of nitrogens with zero attached hydrogens (tertiary/aromatic N) is 2. The van der Waals surface area contributed by atoms with Gasteiger partial charge in [0.15, 0.2) is 0 Å². The van der Waals surface area contributed by atoms with Crippen LogP contribution in [0, 0.1) is 0 Å². The van der Waals surface area contributed by atoms with Crippen LogP contribution in [0.5, 0.6) is 0 Å². The zero-order valence-corrected chi connectivity index (χ0v) is 42.4. The minimum atomic E-state index is -0.167. The summed E-state index contributed by atoms with van der Waals surface area (Å²) in [6.45, 7) is 7.00. The second-order valence-corrected chi connectivity index (χ2v) is 21.2. The molecule has 14 rings (SSSR count). The van der Waals surface area contributed by atoms with Gasteiger partial charge in [0.25, 0.3) is 6.71 Å². The first-order valence-electron chi connectivity index (χ1n) is 26.3. The molecule has 0 amide bonds. The van der Waals surface area contributed by atoms with Crippen LogP contribution in [-0.4, -0.2) is 6.71 Å². The quantitative estimate of drug-likeness (QED) is 0.116. The molecule has 75 heavy (non-hydrogen) atoms. The molecule has 0 spiro atoms. The average Bonchev–Trinajstić information content (AvgIpc) is 3.52. The molecule has 0 fully saturated rings. The number of anilines is 6. The number of hydrogen-bond acceptors (Lipinski definition) is 2. The Bertz CT molecular complexity index is 4070. The summed E-state index contributed by atoms with van der Waals surface area (Å²) in [5, 5.41) is 4.99. The van der Waals surface area contributed by atoms with Crippen molar-refractivity contribution >= 4 is 78.8 Å². The van der Waals surface area contributed by atoms with Gasteiger partial charge in [0.2, 0.25) is 0 Å². The maximum Gasteiger partial charge on any atom is 0.252 e. The third kappa shape index (κ3) is 7.49. The van der Waals surface area contributed by atoms with Crippen molar-refractivity contribution in [2.45, 2.75) is 26.2 Å². The van der Waals surface area contributed by atoms with Crippen molar-refractivity contribution in [3.05, 3.63) is 272 Å². The maximum atomic E-state index is 2.58. The number of rotatable bonds is 7. The summed E-state index contributed by atoms with van der Waals surface area (Å²) in [5.41, 5.74) is 24.2. The molecule has 0 unspecified atom stereocenters. The molecule has 0 bridgehead atoms. The molecule has 0 N–H and O–H groups in total. The zero-order chi connectivity index (χ0) is 50.2. The lowest BCUT2D eigenvalue weighted by Gasteiger charge is -2.45. The van der Waals surface area contributed by atoms with E-state index in [1.807, 2.05) is 0 Å². The molecule has 0 atom stereocenters. The van der Waals surface area contributed by atoms with Gasteiger partial charge in [-0.3, -0.25) is 0 Å². The third-order valence-corrected chi connectivity index (χ3v) is 15.8. The van der Waals surface area contributed by atoms with Crippen LogP contribution in [0.15, 0.2) is 267 Å². The third-order valence-electron chi connectivity index (χ3n) is 15.8. The normalized spacial score (nSPS) is 12.7. The Labute approximate surface area is 440 Å². The monoisotopic (exact) mass is 956 g/mol. The molecule has 0 saturated heterocycles. The van der Waals surface area contributed by atoms with Gasteiger partial charge in [-0.05, 0) is 153 Å². The highest BCUT2D eigenvalue weighted by Crippen LogP contribution is 2.50. The van der Waals surface area contributed by atoms with E-state index in [9.17, 15) is 0 Å². The molecule has 12 aromatic rings. The van der Waals surface area contributed by atoms with E-state index in [0.29, 0.717) is 0 Å². The highest BCUT2D eigenvalue weighted by molar-refractivity contribution is 7.00. The van der Waals surface area contributed by atoms with Crippen LogP contribution in [0.25, 0.3) is 77.2 Å². The predicted molar refractivity (Wildman–Crippen MR) is 321 cm³/mol. The Balaban J connectivity index is 1.06. The Hall–Kier alpha value is -9.18. The van der Waals surface area contributed by atoms with Crippen LogP contribution in [-0.2, 0) is 5.41 Å². The summed E-state index contributed by atoms with van der Waals surface area (Å²) in [6.07, 6.45) is 0. The molecule has 354 valence electrons. The number of hydrogen-bond donors (Lipinski definition) is 0. The van der Waals surface area contributed by atoms with E-state index in [1.165, 1.54) is 122 Å². The highest BCUT2D eigenvalue weighted by atomic mass is 15.2. The molecule has 2 aliphatic rings. The first kappa shape index (κ1) is 44.5. The van der Waals surface area contributed by atoms with E-state index in [1.54, 1.807) is 0 Å². The first-order chi connectivity index (χ1) is 36.9. The van der Waals surface area contributed by atoms with Crippen LogP contribution >= 0.6 is 0 Å². The second kappa shape index (κ2) is 17.8. The molecule has 0 aliphatic carbocycles. The molecular weight excluding hydrogens is 904 g/mol. The predicted octanol–water partition coefficient (Wildman–Crippen LogP) is 17.7. The van der Waals surface area contributed by atoms with E-state index < -0.39 is 0 Å². The minimum absolute atomic E-state index is 0.0541. The summed E-state index contributed by atoms with van der Waals surface area (Å²) in [5.74, 6) is 0. The van der Waals surface area contributed by atoms with Crippen molar-refractivity contribution in [3.63, 3.8) is 0 Å². The van der Waals surface area contributed by atoms with Gasteiger partial charge in [-0.2, -0.15) is 0 Å². The summed E-state index contributed by atoms with van der Waals surface area (Å²) < 4.78 is 0. The van der Waals surface area contributed by atoms with Crippen LogP contribution < -0.4 is 26.2 Å². The minimum Gasteiger partial charge on any atom is -0.311 e. The van der Waals surface area contributed by atoms with Gasteiger partial charge in [0.1, 0.15) is 0 Å². The van der Waals surface area contributed by atoms with E-state index >= 15 is 0 Å². The van der Waals surface area contributed by atoms with Crippen molar-refractivity contribution in [3.8, 4) is 55.6 Å². The van der Waals surface area contributed by atoms with Gasteiger partial charge in [-0.25, -0.2) is 0 Å². The van der Waals surface area contributed by atoms with Gasteiger partial charge in [-0.1, -0.05) is 239 Å². The molecule has 2 aliphatic heterocycles. The zero-order valence-electron chi connectivity index (χ0n) is 42.4. The highest BCUT2D eigenvalue weighted by Gasteiger charge is 2.44. The van der Waals surface area contributed by atoms with Crippen LogP contribution in [0.3, 0.4) is 0 Å². The summed E-state index contributed by atoms with van der Waals surface area (Å²) in [7, 11) is 0. The summed E-state index contributed by atoms with van der Waals surface area (Å²) >= 11 is 0. The Morgan fingerprint density at radius 1 is 0.280 bits per heavy atom. The Morgan fingerprint density at radius 2 is 0.600 bits per heavy atom. The smallest absolute Gasteiger partial charge is 0.252 e. The number of fused-ring (bicyclic) bond motifs is 6. The molecule has 3 heteroatoms. The van der Waals surface area contributed by atoms with Crippen LogP contribution in [0.1, 0.15) is 26.3 Å². The van der Waals surface area contributed by atoms with E-state index in [-0.39, 0.29) is 12.1 Å². The fraction of sp³-hybridized carbons (Fsp3) is 0.0556. The fourth-order valence-corrected chi connectivity index (χ4v) is 12.2. The Morgan fingerprint density at radius 3 is 1.01 bits per heavy atom. The second-order valence-electron chi connectivity index (χ2n) is 21.2. The molecule has 0 aromatic heterocycles. The van der Waals surface area contributed by atoms with Crippen molar-refractivity contribution in [1.29, 1.82) is 0 Å². The lowest BCUT2D eigenvalue weighted by atomic mass is 9.33. The topological polar surface area (TPSA) is 6.48 Å². The van der Waals surface area contributed by atoms with Gasteiger partial charge in [-0.15, -0.1) is 0 Å². The maximum absolute atomic E-state index is 2.58. The molecule has 0 radical (unpaired) electrons. The Kier molecular flexibility index (Phi) is 10.6. The van der Waals surface area contributed by atoms with Crippen LogP contribution in [0.4, 0.5) is 34.1 Å². The molecular formula is C72H53BN2. The average molecular weight is 957 g/mol. The van der Waals surface area contributed by atoms with Crippen molar-refractivity contribution < 1.29 is 0 Å². The van der Waals surface area contributed by atoms with Crippen LogP contribution in [0.2, 0.25) is 0 Å². The largest absolute Gasteiger partial charge is 0.311 e. The first-order valence-corrected chi connectivity index (χ1v) is 26.3. The molecule has 2 heterocycles. The van der Waals surface area contributed by atoms with Crippen molar-refractivity contribution in [1.82, 2.24) is 0 Å². The van der Waals surface area contributed by atoms with Gasteiger partial charge < -0.3 is 9.80 Å². The lowest BCUT2D eigenvalue weighted by molar-refractivity contribution is 0.590. The van der Waals surface area contributed by atoms with E-state index in [4.69, 9.17) is 0 Å². The van der Waals surface area contributed by atoms with Crippen molar-refractivity contribution in [2.24, 2.45) is 0 Å². The van der Waals surface area contributed by atoms with Crippen molar-refractivity contribution in [2.75, 3.05) is 9.80 Å². The van der Waals surface area contributed by atoms with E-state index in [0.717, 1.165) is 11.4 Å². The van der Waals surface area contributed by atoms with Gasteiger partial charge in [0.05, 0.1) is 0 Å². The van der Waals surface area contributed by atoms with Gasteiger partial charge in [0, 0.05) is 34.1 Å². The number of benzene rings is 12. The summed E-state index contributed by atoms with van der Waals surface area (Å²) in [4.78, 5) is 5.14. The molecule has 12 aromatic carbocycles. The molecule has 2 nitrogen and oxygen atoms in total. The SMILES string of the molecule is CC(C)(C)c1cc2c3c(c1)N(c1ccc(-c4ccccc4)cc1)c1cc(-c4c5ccccc5c(-c5ccccc5)c5ccccc45)ccc1B3c1ccc(-c3ccccc3)cc1N2c1ccc(-c2ccccc2)cc1.